The van der Waals surface area contributed by atoms with Crippen molar-refractivity contribution in [1.82, 2.24) is 9.78 Å². The van der Waals surface area contributed by atoms with Crippen molar-refractivity contribution in [2.24, 2.45) is 0 Å². The maximum absolute atomic E-state index is 4.20. The van der Waals surface area contributed by atoms with E-state index in [1.165, 1.54) is 11.1 Å². The van der Waals surface area contributed by atoms with E-state index in [0.29, 0.717) is 5.92 Å². The minimum Gasteiger partial charge on any atom is -0.268 e. The van der Waals surface area contributed by atoms with Crippen molar-refractivity contribution in [2.45, 2.75) is 26.3 Å². The third-order valence-corrected chi connectivity index (χ3v) is 2.52. The Morgan fingerprint density at radius 3 is 2.80 bits per heavy atom. The molecule has 0 amide bonds. The first-order valence-corrected chi connectivity index (χ1v) is 5.32. The van der Waals surface area contributed by atoms with Crippen LogP contribution in [-0.2, 0) is 6.54 Å². The fourth-order valence-corrected chi connectivity index (χ4v) is 1.63. The van der Waals surface area contributed by atoms with Crippen LogP contribution >= 0.6 is 0 Å². The molecule has 0 aliphatic carbocycles. The molecule has 0 unspecified atom stereocenters. The van der Waals surface area contributed by atoms with Crippen LogP contribution in [0.5, 0.6) is 0 Å². The summed E-state index contributed by atoms with van der Waals surface area (Å²) in [7, 11) is 0. The van der Waals surface area contributed by atoms with Gasteiger partial charge in [-0.2, -0.15) is 5.10 Å². The number of hydrogen-bond donors (Lipinski definition) is 0. The molecule has 0 atom stereocenters. The highest BCUT2D eigenvalue weighted by molar-refractivity contribution is 5.25. The smallest absolute Gasteiger partial charge is 0.0659 e. The van der Waals surface area contributed by atoms with E-state index in [9.17, 15) is 0 Å². The highest BCUT2D eigenvalue weighted by Crippen LogP contribution is 2.15. The lowest BCUT2D eigenvalue weighted by molar-refractivity contribution is 0.685. The van der Waals surface area contributed by atoms with E-state index < -0.39 is 0 Å². The third-order valence-electron chi connectivity index (χ3n) is 2.52. The van der Waals surface area contributed by atoms with Gasteiger partial charge in [0.25, 0.3) is 0 Å². The minimum absolute atomic E-state index is 0.586. The standard InChI is InChI=1S/C13H16N2/c1-11(2)13-6-3-5-12(9-13)10-15-8-4-7-14-15/h3-9,11H,10H2,1-2H3. The van der Waals surface area contributed by atoms with E-state index >= 15 is 0 Å². The Morgan fingerprint density at radius 2 is 2.13 bits per heavy atom. The molecule has 78 valence electrons. The normalized spacial score (nSPS) is 10.9. The van der Waals surface area contributed by atoms with Crippen molar-refractivity contribution in [3.63, 3.8) is 0 Å². The highest BCUT2D eigenvalue weighted by atomic mass is 15.3. The Labute approximate surface area is 90.6 Å². The molecule has 0 radical (unpaired) electrons. The summed E-state index contributed by atoms with van der Waals surface area (Å²) in [5.41, 5.74) is 2.70. The van der Waals surface area contributed by atoms with Gasteiger partial charge in [0.1, 0.15) is 0 Å². The van der Waals surface area contributed by atoms with Crippen molar-refractivity contribution >= 4 is 0 Å². The summed E-state index contributed by atoms with van der Waals surface area (Å²) in [6.45, 7) is 5.29. The molecule has 0 aliphatic rings. The van der Waals surface area contributed by atoms with Crippen LogP contribution in [-0.4, -0.2) is 9.78 Å². The molecule has 2 heteroatoms. The van der Waals surface area contributed by atoms with Gasteiger partial charge in [0, 0.05) is 12.4 Å². The number of aromatic nitrogens is 2. The van der Waals surface area contributed by atoms with Gasteiger partial charge in [-0.25, -0.2) is 0 Å². The average molecular weight is 200 g/mol. The molecule has 1 aromatic heterocycles. The Kier molecular flexibility index (Phi) is 2.86. The maximum atomic E-state index is 4.20. The first-order chi connectivity index (χ1) is 7.25. The molecular weight excluding hydrogens is 184 g/mol. The van der Waals surface area contributed by atoms with Gasteiger partial charge >= 0.3 is 0 Å². The molecular formula is C13H16N2. The van der Waals surface area contributed by atoms with E-state index in [2.05, 4.69) is 43.2 Å². The van der Waals surface area contributed by atoms with Crippen LogP contribution in [0.25, 0.3) is 0 Å². The number of rotatable bonds is 3. The van der Waals surface area contributed by atoms with Crippen LogP contribution in [0.2, 0.25) is 0 Å². The minimum atomic E-state index is 0.586. The predicted molar refractivity (Wildman–Crippen MR) is 61.9 cm³/mol. The van der Waals surface area contributed by atoms with Crippen LogP contribution in [0, 0.1) is 0 Å². The summed E-state index contributed by atoms with van der Waals surface area (Å²) in [5.74, 6) is 0.586. The second-order valence-electron chi connectivity index (χ2n) is 4.10. The van der Waals surface area contributed by atoms with E-state index in [4.69, 9.17) is 0 Å². The summed E-state index contributed by atoms with van der Waals surface area (Å²) >= 11 is 0. The zero-order valence-corrected chi connectivity index (χ0v) is 9.22. The maximum Gasteiger partial charge on any atom is 0.0659 e. The van der Waals surface area contributed by atoms with E-state index in [1.54, 1.807) is 0 Å². The predicted octanol–water partition coefficient (Wildman–Crippen LogP) is 3.05. The van der Waals surface area contributed by atoms with Gasteiger partial charge in [-0.05, 0) is 23.1 Å². The molecule has 1 heterocycles. The SMILES string of the molecule is CC(C)c1cccc(Cn2cccn2)c1. The molecule has 0 saturated carbocycles. The van der Waals surface area contributed by atoms with Gasteiger partial charge < -0.3 is 0 Å². The zero-order chi connectivity index (χ0) is 10.7. The summed E-state index contributed by atoms with van der Waals surface area (Å²) in [5, 5.41) is 4.20. The Hall–Kier alpha value is -1.57. The van der Waals surface area contributed by atoms with Gasteiger partial charge in [-0.3, -0.25) is 4.68 Å². The first kappa shape index (κ1) is 9.97. The molecule has 2 nitrogen and oxygen atoms in total. The van der Waals surface area contributed by atoms with Crippen molar-refractivity contribution < 1.29 is 0 Å². The molecule has 0 fully saturated rings. The molecule has 0 saturated heterocycles. The molecule has 0 spiro atoms. The summed E-state index contributed by atoms with van der Waals surface area (Å²) < 4.78 is 1.94. The molecule has 0 aliphatic heterocycles. The molecule has 0 bridgehead atoms. The lowest BCUT2D eigenvalue weighted by Gasteiger charge is -2.08. The van der Waals surface area contributed by atoms with Gasteiger partial charge in [0.05, 0.1) is 6.54 Å². The van der Waals surface area contributed by atoms with Crippen molar-refractivity contribution in [2.75, 3.05) is 0 Å². The van der Waals surface area contributed by atoms with Crippen LogP contribution in [0.4, 0.5) is 0 Å². The molecule has 0 N–H and O–H groups in total. The third kappa shape index (κ3) is 2.46. The van der Waals surface area contributed by atoms with Gasteiger partial charge in [0.15, 0.2) is 0 Å². The fourth-order valence-electron chi connectivity index (χ4n) is 1.63. The molecule has 2 aromatic rings. The van der Waals surface area contributed by atoms with Gasteiger partial charge in [-0.15, -0.1) is 0 Å². The van der Waals surface area contributed by atoms with E-state index in [-0.39, 0.29) is 0 Å². The summed E-state index contributed by atoms with van der Waals surface area (Å²) in [6, 6.07) is 10.7. The van der Waals surface area contributed by atoms with Crippen LogP contribution in [0.15, 0.2) is 42.7 Å². The largest absolute Gasteiger partial charge is 0.268 e. The zero-order valence-electron chi connectivity index (χ0n) is 9.22. The van der Waals surface area contributed by atoms with Crippen molar-refractivity contribution in [3.05, 3.63) is 53.9 Å². The van der Waals surface area contributed by atoms with Gasteiger partial charge in [0.2, 0.25) is 0 Å². The lowest BCUT2D eigenvalue weighted by atomic mass is 10.0. The Morgan fingerprint density at radius 1 is 1.27 bits per heavy atom. The van der Waals surface area contributed by atoms with E-state index in [0.717, 1.165) is 6.54 Å². The van der Waals surface area contributed by atoms with Crippen molar-refractivity contribution in [1.29, 1.82) is 0 Å². The van der Waals surface area contributed by atoms with Crippen LogP contribution < -0.4 is 0 Å². The molecule has 15 heavy (non-hydrogen) atoms. The average Bonchev–Trinajstić information content (AvgIpc) is 2.71. The van der Waals surface area contributed by atoms with Crippen LogP contribution in [0.3, 0.4) is 0 Å². The first-order valence-electron chi connectivity index (χ1n) is 5.32. The second-order valence-corrected chi connectivity index (χ2v) is 4.10. The van der Waals surface area contributed by atoms with Crippen molar-refractivity contribution in [3.8, 4) is 0 Å². The number of hydrogen-bond acceptors (Lipinski definition) is 1. The molecule has 2 rings (SSSR count). The lowest BCUT2D eigenvalue weighted by Crippen LogP contribution is -2.00. The van der Waals surface area contributed by atoms with Gasteiger partial charge in [-0.1, -0.05) is 38.1 Å². The second kappa shape index (κ2) is 4.30. The quantitative estimate of drug-likeness (QED) is 0.744. The highest BCUT2D eigenvalue weighted by Gasteiger charge is 2.00. The Bertz CT molecular complexity index is 416. The fraction of sp³-hybridized carbons (Fsp3) is 0.308. The summed E-state index contributed by atoms with van der Waals surface area (Å²) in [4.78, 5) is 0. The monoisotopic (exact) mass is 200 g/mol. The van der Waals surface area contributed by atoms with Crippen LogP contribution in [0.1, 0.15) is 30.9 Å². The summed E-state index contributed by atoms with van der Waals surface area (Å²) in [6.07, 6.45) is 3.80. The topological polar surface area (TPSA) is 17.8 Å². The Balaban J connectivity index is 2.18. The number of benzene rings is 1. The molecule has 1 aromatic carbocycles. The van der Waals surface area contributed by atoms with E-state index in [1.807, 2.05) is 23.1 Å². The number of nitrogens with zero attached hydrogens (tertiary/aromatic N) is 2.